The maximum absolute atomic E-state index is 12.1. The number of nitrogens with zero attached hydrogens (tertiary/aromatic N) is 1. The summed E-state index contributed by atoms with van der Waals surface area (Å²) < 4.78 is 5.53. The van der Waals surface area contributed by atoms with Crippen molar-refractivity contribution >= 4 is 16.8 Å². The fourth-order valence-electron chi connectivity index (χ4n) is 2.50. The zero-order chi connectivity index (χ0) is 16.2. The van der Waals surface area contributed by atoms with Gasteiger partial charge in [-0.2, -0.15) is 0 Å². The van der Waals surface area contributed by atoms with E-state index in [0.717, 1.165) is 22.2 Å². The third kappa shape index (κ3) is 3.00. The van der Waals surface area contributed by atoms with E-state index in [-0.39, 0.29) is 5.91 Å². The fraction of sp³-hybridized carbons (Fsp3) is 0.111. The number of ether oxygens (including phenoxy) is 1. The normalized spacial score (nSPS) is 10.5. The van der Waals surface area contributed by atoms with Crippen LogP contribution >= 0.6 is 0 Å². The third-order valence-electron chi connectivity index (χ3n) is 3.53. The second-order valence-corrected chi connectivity index (χ2v) is 5.01. The lowest BCUT2D eigenvalue weighted by atomic mass is 10.0. The van der Waals surface area contributed by atoms with E-state index in [1.165, 1.54) is 0 Å². The molecule has 0 atom stereocenters. The molecule has 0 radical (unpaired) electrons. The number of nitrogen functional groups attached to an aromatic ring is 1. The van der Waals surface area contributed by atoms with Crippen molar-refractivity contribution < 1.29 is 9.53 Å². The van der Waals surface area contributed by atoms with E-state index in [0.29, 0.717) is 17.9 Å². The molecule has 3 N–H and O–H groups in total. The summed E-state index contributed by atoms with van der Waals surface area (Å²) in [6, 6.07) is 16.9. The highest BCUT2D eigenvalue weighted by Gasteiger charge is 2.13. The van der Waals surface area contributed by atoms with Crippen molar-refractivity contribution in [2.24, 2.45) is 5.84 Å². The van der Waals surface area contributed by atoms with Crippen LogP contribution in [0.4, 0.5) is 0 Å². The minimum absolute atomic E-state index is 0.342. The van der Waals surface area contributed by atoms with Gasteiger partial charge in [0.25, 0.3) is 5.91 Å². The molecule has 0 fully saturated rings. The number of aromatic nitrogens is 1. The molecule has 2 aromatic carbocycles. The molecule has 0 saturated heterocycles. The third-order valence-corrected chi connectivity index (χ3v) is 3.53. The van der Waals surface area contributed by atoms with Gasteiger partial charge in [-0.1, -0.05) is 30.3 Å². The molecule has 1 aromatic heterocycles. The summed E-state index contributed by atoms with van der Waals surface area (Å²) in [4.78, 5) is 16.7. The average Bonchev–Trinajstić information content (AvgIpc) is 2.60. The van der Waals surface area contributed by atoms with Crippen LogP contribution in [-0.2, 0) is 0 Å². The second-order valence-electron chi connectivity index (χ2n) is 5.01. The molecule has 23 heavy (non-hydrogen) atoms. The van der Waals surface area contributed by atoms with E-state index in [1.807, 2.05) is 55.5 Å². The van der Waals surface area contributed by atoms with Crippen molar-refractivity contribution in [1.82, 2.24) is 10.4 Å². The molecule has 5 heteroatoms. The number of pyridine rings is 1. The smallest absolute Gasteiger partial charge is 0.265 e. The summed E-state index contributed by atoms with van der Waals surface area (Å²) in [5.41, 5.74) is 5.01. The summed E-state index contributed by atoms with van der Waals surface area (Å²) in [6.45, 7) is 2.53. The van der Waals surface area contributed by atoms with E-state index in [4.69, 9.17) is 10.6 Å². The van der Waals surface area contributed by atoms with Gasteiger partial charge in [-0.05, 0) is 31.2 Å². The Labute approximate surface area is 134 Å². The van der Waals surface area contributed by atoms with Crippen LogP contribution in [0.1, 0.15) is 17.3 Å². The van der Waals surface area contributed by atoms with Crippen LogP contribution in [0.25, 0.3) is 22.2 Å². The van der Waals surface area contributed by atoms with Crippen LogP contribution in [0, 0.1) is 0 Å². The number of carbonyl (C=O) groups is 1. The minimum atomic E-state index is -0.342. The lowest BCUT2D eigenvalue weighted by Gasteiger charge is -2.10. The predicted octanol–water partition coefficient (Wildman–Crippen LogP) is 2.90. The van der Waals surface area contributed by atoms with E-state index in [1.54, 1.807) is 6.07 Å². The maximum Gasteiger partial charge on any atom is 0.265 e. The Morgan fingerprint density at radius 2 is 2.00 bits per heavy atom. The van der Waals surface area contributed by atoms with Crippen LogP contribution in [0.15, 0.2) is 54.6 Å². The molecule has 1 amide bonds. The molecule has 3 aromatic rings. The number of amides is 1. The Morgan fingerprint density at radius 1 is 1.17 bits per heavy atom. The first kappa shape index (κ1) is 15.0. The number of hydrogen-bond donors (Lipinski definition) is 2. The zero-order valence-corrected chi connectivity index (χ0v) is 12.7. The topological polar surface area (TPSA) is 77.2 Å². The SMILES string of the molecule is CCOc1cccc(-c2cc(C(=O)NN)c3ccccc3n2)c1. The van der Waals surface area contributed by atoms with Gasteiger partial charge in [-0.15, -0.1) is 0 Å². The van der Waals surface area contributed by atoms with Crippen molar-refractivity contribution in [2.45, 2.75) is 6.92 Å². The van der Waals surface area contributed by atoms with Gasteiger partial charge in [-0.25, -0.2) is 10.8 Å². The fourth-order valence-corrected chi connectivity index (χ4v) is 2.50. The van der Waals surface area contributed by atoms with Crippen molar-refractivity contribution in [3.05, 3.63) is 60.2 Å². The van der Waals surface area contributed by atoms with Gasteiger partial charge in [-0.3, -0.25) is 10.2 Å². The van der Waals surface area contributed by atoms with E-state index >= 15 is 0 Å². The number of benzene rings is 2. The molecule has 0 aliphatic heterocycles. The first-order valence-corrected chi connectivity index (χ1v) is 7.37. The Balaban J connectivity index is 2.18. The number of hydrazine groups is 1. The highest BCUT2D eigenvalue weighted by molar-refractivity contribution is 6.06. The van der Waals surface area contributed by atoms with Crippen LogP contribution in [-0.4, -0.2) is 17.5 Å². The Hall–Kier alpha value is -2.92. The van der Waals surface area contributed by atoms with Gasteiger partial charge in [0, 0.05) is 10.9 Å². The quantitative estimate of drug-likeness (QED) is 0.441. The van der Waals surface area contributed by atoms with Crippen molar-refractivity contribution in [3.8, 4) is 17.0 Å². The van der Waals surface area contributed by atoms with Gasteiger partial charge < -0.3 is 4.74 Å². The van der Waals surface area contributed by atoms with Crippen LogP contribution in [0.5, 0.6) is 5.75 Å². The summed E-state index contributed by atoms with van der Waals surface area (Å²) in [6.07, 6.45) is 0. The number of hydrogen-bond acceptors (Lipinski definition) is 4. The summed E-state index contributed by atoms with van der Waals surface area (Å²) in [5, 5.41) is 0.764. The molecule has 3 rings (SSSR count). The van der Waals surface area contributed by atoms with Gasteiger partial charge in [0.15, 0.2) is 0 Å². The summed E-state index contributed by atoms with van der Waals surface area (Å²) in [5.74, 6) is 5.73. The maximum atomic E-state index is 12.1. The highest BCUT2D eigenvalue weighted by atomic mass is 16.5. The van der Waals surface area contributed by atoms with Crippen molar-refractivity contribution in [1.29, 1.82) is 0 Å². The van der Waals surface area contributed by atoms with Gasteiger partial charge in [0.1, 0.15) is 5.75 Å². The number of nitrogens with one attached hydrogen (secondary N) is 1. The number of carbonyl (C=O) groups excluding carboxylic acids is 1. The van der Waals surface area contributed by atoms with E-state index < -0.39 is 0 Å². The summed E-state index contributed by atoms with van der Waals surface area (Å²) in [7, 11) is 0. The standard InChI is InChI=1S/C18H17N3O2/c1-2-23-13-7-5-6-12(10-13)17-11-15(18(22)21-19)14-8-3-4-9-16(14)20-17/h3-11H,2,19H2,1H3,(H,21,22). The Bertz CT molecular complexity index is 862. The van der Waals surface area contributed by atoms with Crippen LogP contribution < -0.4 is 16.0 Å². The van der Waals surface area contributed by atoms with E-state index in [2.05, 4.69) is 10.4 Å². The minimum Gasteiger partial charge on any atom is -0.494 e. The number of rotatable bonds is 4. The molecule has 116 valence electrons. The second kappa shape index (κ2) is 6.46. The Kier molecular flexibility index (Phi) is 4.21. The highest BCUT2D eigenvalue weighted by Crippen LogP contribution is 2.27. The molecular weight excluding hydrogens is 290 g/mol. The largest absolute Gasteiger partial charge is 0.494 e. The van der Waals surface area contributed by atoms with Crippen molar-refractivity contribution in [2.75, 3.05) is 6.61 Å². The van der Waals surface area contributed by atoms with Gasteiger partial charge in [0.05, 0.1) is 23.4 Å². The first-order valence-electron chi connectivity index (χ1n) is 7.37. The summed E-state index contributed by atoms with van der Waals surface area (Å²) >= 11 is 0. The van der Waals surface area contributed by atoms with E-state index in [9.17, 15) is 4.79 Å². The zero-order valence-electron chi connectivity index (χ0n) is 12.7. The van der Waals surface area contributed by atoms with Gasteiger partial charge >= 0.3 is 0 Å². The lowest BCUT2D eigenvalue weighted by Crippen LogP contribution is -2.30. The molecule has 1 heterocycles. The lowest BCUT2D eigenvalue weighted by molar-refractivity contribution is 0.0955. The predicted molar refractivity (Wildman–Crippen MR) is 90.0 cm³/mol. The average molecular weight is 307 g/mol. The van der Waals surface area contributed by atoms with Crippen molar-refractivity contribution in [3.63, 3.8) is 0 Å². The molecule has 0 bridgehead atoms. The van der Waals surface area contributed by atoms with Gasteiger partial charge in [0.2, 0.25) is 0 Å². The number of fused-ring (bicyclic) bond motifs is 1. The molecule has 5 nitrogen and oxygen atoms in total. The molecule has 0 aliphatic rings. The molecule has 0 saturated carbocycles. The molecule has 0 spiro atoms. The van der Waals surface area contributed by atoms with Crippen LogP contribution in [0.3, 0.4) is 0 Å². The van der Waals surface area contributed by atoms with Crippen LogP contribution in [0.2, 0.25) is 0 Å². The molecular formula is C18H17N3O2. The first-order chi connectivity index (χ1) is 11.2. The molecule has 0 aliphatic carbocycles. The number of nitrogens with two attached hydrogens (primary N) is 1. The number of para-hydroxylation sites is 1. The Morgan fingerprint density at radius 3 is 2.78 bits per heavy atom. The monoisotopic (exact) mass is 307 g/mol. The molecule has 0 unspecified atom stereocenters.